The molecule has 4 aromatic rings. The molecule has 10 heteroatoms. The fourth-order valence-corrected chi connectivity index (χ4v) is 6.58. The van der Waals surface area contributed by atoms with E-state index in [1.54, 1.807) is 7.11 Å². The Morgan fingerprint density at radius 2 is 1.85 bits per heavy atom. The van der Waals surface area contributed by atoms with Gasteiger partial charge in [0, 0.05) is 43.6 Å². The van der Waals surface area contributed by atoms with E-state index in [2.05, 4.69) is 31.9 Å². The molecule has 0 radical (unpaired) electrons. The number of nitrogen functional groups attached to an aromatic ring is 1. The van der Waals surface area contributed by atoms with Crippen LogP contribution in [0.5, 0.6) is 5.75 Å². The third-order valence-corrected chi connectivity index (χ3v) is 8.44. The van der Waals surface area contributed by atoms with Crippen LogP contribution in [-0.2, 0) is 12.1 Å². The van der Waals surface area contributed by atoms with Crippen molar-refractivity contribution in [1.82, 2.24) is 24.3 Å². The zero-order valence-corrected chi connectivity index (χ0v) is 23.4. The van der Waals surface area contributed by atoms with E-state index in [1.165, 1.54) is 6.33 Å². The van der Waals surface area contributed by atoms with Crippen LogP contribution >= 0.6 is 23.2 Å². The number of alkyl halides is 2. The topological polar surface area (TPSA) is 89.5 Å². The number of rotatable bonds is 6. The first kappa shape index (κ1) is 25.9. The SMILES string of the molecule is COc1ccc(CN2C(=O)c3c(C)cc(-n4ccc5c(N)ncnc54)cc3C23CCN(CC(Cl)Cl)CC3)cc1. The fraction of sp³-hybridized carbons (Fsp3) is 0.345. The van der Waals surface area contributed by atoms with Gasteiger partial charge in [0.05, 0.1) is 18.0 Å². The number of nitrogens with zero attached hydrogens (tertiary/aromatic N) is 5. The molecule has 0 aliphatic carbocycles. The lowest BCUT2D eigenvalue weighted by molar-refractivity contribution is 0.0238. The molecule has 2 aromatic heterocycles. The van der Waals surface area contributed by atoms with Gasteiger partial charge in [-0.1, -0.05) is 12.1 Å². The van der Waals surface area contributed by atoms with Crippen molar-refractivity contribution in [2.75, 3.05) is 32.5 Å². The third-order valence-electron chi connectivity index (χ3n) is 8.17. The van der Waals surface area contributed by atoms with Crippen LogP contribution in [0.1, 0.15) is 39.9 Å². The van der Waals surface area contributed by atoms with Crippen molar-refractivity contribution in [2.45, 2.75) is 36.7 Å². The summed E-state index contributed by atoms with van der Waals surface area (Å²) >= 11 is 12.2. The average molecular weight is 566 g/mol. The Morgan fingerprint density at radius 1 is 1.10 bits per heavy atom. The average Bonchev–Trinajstić information content (AvgIpc) is 3.45. The highest BCUT2D eigenvalue weighted by atomic mass is 35.5. The van der Waals surface area contributed by atoms with Gasteiger partial charge in [-0.05, 0) is 66.8 Å². The molecule has 202 valence electrons. The number of halogens is 2. The van der Waals surface area contributed by atoms with Crippen LogP contribution in [-0.4, -0.2) is 61.8 Å². The smallest absolute Gasteiger partial charge is 0.255 e. The number of hydrogen-bond acceptors (Lipinski definition) is 6. The van der Waals surface area contributed by atoms with Crippen molar-refractivity contribution < 1.29 is 9.53 Å². The van der Waals surface area contributed by atoms with E-state index in [0.717, 1.165) is 70.7 Å². The molecule has 0 saturated carbocycles. The molecular formula is C29H30Cl2N6O2. The number of nitrogens with two attached hydrogens (primary N) is 1. The number of aromatic nitrogens is 3. The van der Waals surface area contributed by atoms with Gasteiger partial charge in [0.25, 0.3) is 5.91 Å². The predicted molar refractivity (Wildman–Crippen MR) is 154 cm³/mol. The van der Waals surface area contributed by atoms with Crippen molar-refractivity contribution in [1.29, 1.82) is 0 Å². The minimum atomic E-state index is -0.450. The van der Waals surface area contributed by atoms with Crippen molar-refractivity contribution >= 4 is 46.0 Å². The molecule has 2 aliphatic rings. The van der Waals surface area contributed by atoms with E-state index in [-0.39, 0.29) is 5.91 Å². The molecule has 1 saturated heterocycles. The minimum absolute atomic E-state index is 0.0646. The summed E-state index contributed by atoms with van der Waals surface area (Å²) in [6, 6.07) is 14.1. The summed E-state index contributed by atoms with van der Waals surface area (Å²) in [6.07, 6.45) is 5.01. The maximum absolute atomic E-state index is 14.1. The molecule has 8 nitrogen and oxygen atoms in total. The number of fused-ring (bicyclic) bond motifs is 3. The number of carbonyl (C=O) groups is 1. The number of amides is 1. The number of methoxy groups -OCH3 is 1. The number of likely N-dealkylation sites (tertiary alicyclic amines) is 1. The predicted octanol–water partition coefficient (Wildman–Crippen LogP) is 5.07. The monoisotopic (exact) mass is 564 g/mol. The number of aryl methyl sites for hydroxylation is 1. The van der Waals surface area contributed by atoms with Crippen LogP contribution in [0.15, 0.2) is 55.0 Å². The van der Waals surface area contributed by atoms with Crippen molar-refractivity contribution in [3.8, 4) is 11.4 Å². The Labute approximate surface area is 237 Å². The van der Waals surface area contributed by atoms with E-state index in [9.17, 15) is 4.79 Å². The summed E-state index contributed by atoms with van der Waals surface area (Å²) < 4.78 is 7.36. The molecule has 0 atom stereocenters. The molecule has 1 fully saturated rings. The van der Waals surface area contributed by atoms with Gasteiger partial charge < -0.3 is 24.8 Å². The molecule has 0 unspecified atom stereocenters. The van der Waals surface area contributed by atoms with Gasteiger partial charge >= 0.3 is 0 Å². The van der Waals surface area contributed by atoms with Crippen LogP contribution < -0.4 is 10.5 Å². The lowest BCUT2D eigenvalue weighted by Crippen LogP contribution is -2.51. The van der Waals surface area contributed by atoms with Gasteiger partial charge in [-0.3, -0.25) is 4.79 Å². The van der Waals surface area contributed by atoms with Gasteiger partial charge in [-0.2, -0.15) is 0 Å². The highest BCUT2D eigenvalue weighted by molar-refractivity contribution is 6.44. The highest BCUT2D eigenvalue weighted by Gasteiger charge is 2.51. The molecule has 2 N–H and O–H groups in total. The Hall–Kier alpha value is -3.33. The van der Waals surface area contributed by atoms with Crippen LogP contribution in [0.4, 0.5) is 5.82 Å². The van der Waals surface area contributed by atoms with Crippen LogP contribution in [0.3, 0.4) is 0 Å². The lowest BCUT2D eigenvalue weighted by Gasteiger charge is -2.45. The molecule has 6 rings (SSSR count). The maximum Gasteiger partial charge on any atom is 0.255 e. The van der Waals surface area contributed by atoms with Gasteiger partial charge in [-0.15, -0.1) is 23.2 Å². The van der Waals surface area contributed by atoms with Crippen LogP contribution in [0, 0.1) is 6.92 Å². The Bertz CT molecular complexity index is 1540. The summed E-state index contributed by atoms with van der Waals surface area (Å²) in [5, 5.41) is 0.799. The quantitative estimate of drug-likeness (QED) is 0.329. The Kier molecular flexibility index (Phi) is 6.65. The number of piperidine rings is 1. The number of anilines is 1. The first-order chi connectivity index (χ1) is 18.8. The number of ether oxygens (including phenoxy) is 1. The maximum atomic E-state index is 14.1. The lowest BCUT2D eigenvalue weighted by atomic mass is 9.79. The second-order valence-corrected chi connectivity index (χ2v) is 11.6. The second kappa shape index (κ2) is 10.0. The van der Waals surface area contributed by atoms with E-state index < -0.39 is 10.4 Å². The zero-order valence-electron chi connectivity index (χ0n) is 21.9. The van der Waals surface area contributed by atoms with E-state index in [4.69, 9.17) is 33.7 Å². The van der Waals surface area contributed by atoms with Crippen molar-refractivity contribution in [2.24, 2.45) is 0 Å². The van der Waals surface area contributed by atoms with Crippen LogP contribution in [0.2, 0.25) is 0 Å². The summed E-state index contributed by atoms with van der Waals surface area (Å²) in [4.78, 5) is 26.7. The van der Waals surface area contributed by atoms with Gasteiger partial charge in [0.15, 0.2) is 0 Å². The van der Waals surface area contributed by atoms with Gasteiger partial charge in [0.2, 0.25) is 0 Å². The largest absolute Gasteiger partial charge is 0.497 e. The number of benzene rings is 2. The van der Waals surface area contributed by atoms with Crippen molar-refractivity contribution in [3.63, 3.8) is 0 Å². The molecule has 1 amide bonds. The van der Waals surface area contributed by atoms with Crippen molar-refractivity contribution in [3.05, 3.63) is 77.2 Å². The number of carbonyl (C=O) groups excluding carboxylic acids is 1. The minimum Gasteiger partial charge on any atom is -0.497 e. The first-order valence-corrected chi connectivity index (χ1v) is 13.9. The normalized spacial score (nSPS) is 16.9. The first-order valence-electron chi connectivity index (χ1n) is 13.0. The van der Waals surface area contributed by atoms with Gasteiger partial charge in [-0.25, -0.2) is 9.97 Å². The highest BCUT2D eigenvalue weighted by Crippen LogP contribution is 2.49. The summed E-state index contributed by atoms with van der Waals surface area (Å²) in [5.74, 6) is 1.30. The third kappa shape index (κ3) is 4.40. The fourth-order valence-electron chi connectivity index (χ4n) is 6.19. The second-order valence-electron chi connectivity index (χ2n) is 10.3. The molecule has 2 aliphatic heterocycles. The van der Waals surface area contributed by atoms with Gasteiger partial charge in [0.1, 0.15) is 28.4 Å². The molecular weight excluding hydrogens is 535 g/mol. The zero-order chi connectivity index (χ0) is 27.3. The van der Waals surface area contributed by atoms with E-state index in [1.807, 2.05) is 48.0 Å². The molecule has 0 bridgehead atoms. The van der Waals surface area contributed by atoms with E-state index >= 15 is 0 Å². The molecule has 39 heavy (non-hydrogen) atoms. The number of hydrogen-bond donors (Lipinski definition) is 1. The summed E-state index contributed by atoms with van der Waals surface area (Å²) in [5.41, 5.74) is 11.2. The summed E-state index contributed by atoms with van der Waals surface area (Å²) in [6.45, 7) is 4.72. The molecule has 4 heterocycles. The molecule has 1 spiro atoms. The summed E-state index contributed by atoms with van der Waals surface area (Å²) in [7, 11) is 1.65. The molecule has 2 aromatic carbocycles. The standard InChI is InChI=1S/C29H30Cl2N6O2/c1-18-13-20(36-10-7-22-26(32)33-17-34-27(22)36)14-23-25(18)28(38)37(15-19-3-5-21(39-2)6-4-19)29(23)8-11-35(12-9-29)16-24(30)31/h3-7,10,13-14,17,24H,8-9,11-12,15-16H2,1-2H3,(H2,32,33,34). The Morgan fingerprint density at radius 3 is 2.54 bits per heavy atom. The van der Waals surface area contributed by atoms with E-state index in [0.29, 0.717) is 18.9 Å². The Balaban J connectivity index is 1.45. The van der Waals surface area contributed by atoms with Crippen LogP contribution in [0.25, 0.3) is 16.7 Å².